The van der Waals surface area contributed by atoms with Crippen molar-refractivity contribution in [3.63, 3.8) is 0 Å². The lowest BCUT2D eigenvalue weighted by atomic mass is 9.96. The predicted octanol–water partition coefficient (Wildman–Crippen LogP) is 2.11. The van der Waals surface area contributed by atoms with Crippen LogP contribution in [0.1, 0.15) is 34.1 Å². The molecule has 0 aromatic carbocycles. The zero-order valence-electron chi connectivity index (χ0n) is 14.9. The molecule has 7 nitrogen and oxygen atoms in total. The molecule has 150 valence electrons. The zero-order valence-corrected chi connectivity index (χ0v) is 15.7. The number of carbonyl (C=O) groups excluding carboxylic acids is 1. The summed E-state index contributed by atoms with van der Waals surface area (Å²) in [6.07, 6.45) is -11.4. The van der Waals surface area contributed by atoms with Gasteiger partial charge in [-0.2, -0.15) is 13.2 Å². The van der Waals surface area contributed by atoms with Crippen molar-refractivity contribution >= 4 is 23.0 Å². The maximum atomic E-state index is 12.6. The minimum absolute atomic E-state index is 0.177. The van der Waals surface area contributed by atoms with Crippen molar-refractivity contribution in [2.45, 2.75) is 75.7 Å². The molecule has 0 aromatic heterocycles. The number of ether oxygens (including phenoxy) is 2. The number of amidine groups is 1. The van der Waals surface area contributed by atoms with Gasteiger partial charge in [0.15, 0.2) is 5.17 Å². The van der Waals surface area contributed by atoms with E-state index in [1.165, 1.54) is 4.90 Å². The summed E-state index contributed by atoms with van der Waals surface area (Å²) >= 11 is 0.932. The Bertz CT molecular complexity index is 566. The number of halogens is 3. The highest BCUT2D eigenvalue weighted by molar-refractivity contribution is 8.14. The van der Waals surface area contributed by atoms with Crippen LogP contribution in [0.2, 0.25) is 0 Å². The molecule has 0 bridgehead atoms. The van der Waals surface area contributed by atoms with Gasteiger partial charge < -0.3 is 19.7 Å². The van der Waals surface area contributed by atoms with E-state index in [2.05, 4.69) is 4.99 Å². The molecule has 2 aliphatic rings. The van der Waals surface area contributed by atoms with Gasteiger partial charge in [0.25, 0.3) is 0 Å². The lowest BCUT2D eigenvalue weighted by Gasteiger charge is -2.38. The summed E-state index contributed by atoms with van der Waals surface area (Å²) in [4.78, 5) is 17.7. The lowest BCUT2D eigenvalue weighted by Crippen LogP contribution is -2.55. The molecule has 1 amide bonds. The zero-order chi connectivity index (χ0) is 19.9. The highest BCUT2D eigenvalue weighted by Crippen LogP contribution is 2.40. The van der Waals surface area contributed by atoms with Gasteiger partial charge in [-0.3, -0.25) is 9.89 Å². The number of aliphatic hydroxyl groups is 2. The van der Waals surface area contributed by atoms with Gasteiger partial charge in [0.2, 0.25) is 0 Å². The topological polar surface area (TPSA) is 91.6 Å². The minimum Gasteiger partial charge on any atom is -0.443 e. The van der Waals surface area contributed by atoms with Gasteiger partial charge in [-0.15, -0.1) is 0 Å². The summed E-state index contributed by atoms with van der Waals surface area (Å²) in [6, 6.07) is -0.967. The molecule has 0 aliphatic carbocycles. The second kappa shape index (κ2) is 7.53. The van der Waals surface area contributed by atoms with Crippen molar-refractivity contribution in [1.29, 1.82) is 0 Å². The minimum atomic E-state index is -4.54. The van der Waals surface area contributed by atoms with E-state index in [0.717, 1.165) is 11.8 Å². The fraction of sp³-hybridized carbons (Fsp3) is 0.867. The molecular formula is C15H23F3N2O5S. The molecule has 2 aliphatic heterocycles. The Kier molecular flexibility index (Phi) is 6.16. The average molecular weight is 400 g/mol. The summed E-state index contributed by atoms with van der Waals surface area (Å²) in [5.74, 6) is 0. The van der Waals surface area contributed by atoms with Crippen molar-refractivity contribution in [1.82, 2.24) is 4.90 Å². The number of rotatable bonds is 2. The predicted molar refractivity (Wildman–Crippen MR) is 88.8 cm³/mol. The summed E-state index contributed by atoms with van der Waals surface area (Å²) in [5.41, 5.74) is -1.65. The number of alkyl halides is 3. The third-order valence-electron chi connectivity index (χ3n) is 3.74. The first-order chi connectivity index (χ1) is 11.8. The molecule has 2 rings (SSSR count). The number of carbonyl (C=O) groups is 1. The van der Waals surface area contributed by atoms with Crippen LogP contribution in [0, 0.1) is 0 Å². The van der Waals surface area contributed by atoms with Crippen LogP contribution in [0.25, 0.3) is 0 Å². The monoisotopic (exact) mass is 400 g/mol. The Labute approximate surface area is 153 Å². The second-order valence-electron chi connectivity index (χ2n) is 7.09. The molecule has 1 fully saturated rings. The molecule has 0 radical (unpaired) electrons. The van der Waals surface area contributed by atoms with Crippen LogP contribution < -0.4 is 0 Å². The molecule has 2 N–H and O–H groups in total. The maximum absolute atomic E-state index is 12.6. The van der Waals surface area contributed by atoms with Crippen molar-refractivity contribution < 1.29 is 37.7 Å². The largest absolute Gasteiger partial charge is 0.443 e. The number of thioether (sulfide) groups is 1. The van der Waals surface area contributed by atoms with Crippen LogP contribution in [0.4, 0.5) is 18.0 Å². The number of amides is 1. The van der Waals surface area contributed by atoms with E-state index in [1.54, 1.807) is 27.7 Å². The molecule has 2 heterocycles. The average Bonchev–Trinajstić information content (AvgIpc) is 2.85. The van der Waals surface area contributed by atoms with Crippen LogP contribution in [-0.4, -0.2) is 74.5 Å². The molecule has 5 unspecified atom stereocenters. The Balaban J connectivity index is 2.13. The summed E-state index contributed by atoms with van der Waals surface area (Å²) in [5, 5.41) is 20.3. The number of aliphatic hydroxyl groups excluding tert-OH is 2. The van der Waals surface area contributed by atoms with E-state index in [4.69, 9.17) is 9.47 Å². The van der Waals surface area contributed by atoms with Crippen molar-refractivity contribution in [3.05, 3.63) is 0 Å². The van der Waals surface area contributed by atoms with Crippen LogP contribution in [0.5, 0.6) is 0 Å². The van der Waals surface area contributed by atoms with Gasteiger partial charge in [0.1, 0.15) is 29.3 Å². The smallest absolute Gasteiger partial charge is 0.416 e. The van der Waals surface area contributed by atoms with E-state index < -0.39 is 54.1 Å². The third kappa shape index (κ3) is 5.02. The Hall–Kier alpha value is -1.04. The highest BCUT2D eigenvalue weighted by Gasteiger charge is 2.51. The van der Waals surface area contributed by atoms with Gasteiger partial charge >= 0.3 is 12.3 Å². The van der Waals surface area contributed by atoms with Crippen LogP contribution in [0.3, 0.4) is 0 Å². The Morgan fingerprint density at radius 2 is 1.92 bits per heavy atom. The lowest BCUT2D eigenvalue weighted by molar-refractivity contribution is -0.209. The summed E-state index contributed by atoms with van der Waals surface area (Å²) in [6.45, 7) is 7.01. The van der Waals surface area contributed by atoms with E-state index in [9.17, 15) is 28.2 Å². The Morgan fingerprint density at radius 3 is 2.42 bits per heavy atom. The van der Waals surface area contributed by atoms with E-state index in [-0.39, 0.29) is 11.7 Å². The van der Waals surface area contributed by atoms with Crippen LogP contribution in [0.15, 0.2) is 4.99 Å². The van der Waals surface area contributed by atoms with Crippen LogP contribution in [-0.2, 0) is 9.47 Å². The maximum Gasteiger partial charge on any atom is 0.416 e. The van der Waals surface area contributed by atoms with Gasteiger partial charge in [-0.1, -0.05) is 11.8 Å². The second-order valence-corrected chi connectivity index (χ2v) is 8.15. The molecule has 0 spiro atoms. The number of nitrogens with zero attached hydrogens (tertiary/aromatic N) is 2. The van der Waals surface area contributed by atoms with Gasteiger partial charge in [0.05, 0.1) is 12.5 Å². The molecule has 1 saturated heterocycles. The summed E-state index contributed by atoms with van der Waals surface area (Å²) in [7, 11) is 0. The number of fused-ring (bicyclic) bond motifs is 1. The third-order valence-corrected chi connectivity index (χ3v) is 4.90. The molecular weight excluding hydrogens is 377 g/mol. The van der Waals surface area contributed by atoms with E-state index >= 15 is 0 Å². The fourth-order valence-electron chi connectivity index (χ4n) is 2.60. The standard InChI is InChI=1S/C15H23F3N2O5S/c1-5-20(13(23)25-14(2,3)4)12-19-8-10(22)9(21)7(6-15(16,17)18)24-11(8)26-12/h7-11,21-22H,5-6H2,1-4H3. The number of aliphatic imine (C=N–C) groups is 1. The van der Waals surface area contributed by atoms with Gasteiger partial charge in [-0.05, 0) is 27.7 Å². The quantitative estimate of drug-likeness (QED) is 0.738. The van der Waals surface area contributed by atoms with Gasteiger partial charge in [-0.25, -0.2) is 4.79 Å². The van der Waals surface area contributed by atoms with Crippen molar-refractivity contribution in [3.8, 4) is 0 Å². The molecule has 26 heavy (non-hydrogen) atoms. The SMILES string of the molecule is CCN(C(=O)OC(C)(C)C)C1=NC2C(OC(CC(F)(F)F)C(O)C2O)S1. The van der Waals surface area contributed by atoms with Crippen LogP contribution >= 0.6 is 11.8 Å². The summed E-state index contributed by atoms with van der Waals surface area (Å²) < 4.78 is 48.5. The van der Waals surface area contributed by atoms with Gasteiger partial charge in [0, 0.05) is 6.54 Å². The number of hydrogen-bond acceptors (Lipinski definition) is 7. The molecule has 5 atom stereocenters. The first kappa shape index (κ1) is 21.3. The number of hydrogen-bond donors (Lipinski definition) is 2. The van der Waals surface area contributed by atoms with E-state index in [1.807, 2.05) is 0 Å². The first-order valence-electron chi connectivity index (χ1n) is 8.15. The molecule has 11 heteroatoms. The molecule has 0 aromatic rings. The fourth-order valence-corrected chi connectivity index (χ4v) is 3.88. The first-order valence-corrected chi connectivity index (χ1v) is 9.03. The Morgan fingerprint density at radius 1 is 1.31 bits per heavy atom. The highest BCUT2D eigenvalue weighted by atomic mass is 32.2. The van der Waals surface area contributed by atoms with E-state index in [0.29, 0.717) is 0 Å². The normalized spacial score (nSPS) is 32.0. The van der Waals surface area contributed by atoms with Crippen molar-refractivity contribution in [2.24, 2.45) is 4.99 Å². The molecule has 0 saturated carbocycles. The van der Waals surface area contributed by atoms with Crippen molar-refractivity contribution in [2.75, 3.05) is 6.54 Å².